The molecule has 1 saturated carbocycles. The SMILES string of the molecule is C=C(/C=C\C(=C)C1CCC(C)CC1)CCNS(=O)(=O)C(C)C. The van der Waals surface area contributed by atoms with Crippen LogP contribution in [0.5, 0.6) is 0 Å². The second-order valence-electron chi connectivity index (χ2n) is 6.76. The van der Waals surface area contributed by atoms with Crippen LogP contribution in [0.25, 0.3) is 0 Å². The van der Waals surface area contributed by atoms with Crippen molar-refractivity contribution < 1.29 is 8.42 Å². The molecule has 1 aliphatic rings. The van der Waals surface area contributed by atoms with E-state index in [9.17, 15) is 8.42 Å². The summed E-state index contributed by atoms with van der Waals surface area (Å²) in [5.74, 6) is 1.44. The maximum absolute atomic E-state index is 11.6. The first-order chi connectivity index (χ1) is 10.2. The zero-order chi connectivity index (χ0) is 16.8. The molecule has 0 aromatic heterocycles. The summed E-state index contributed by atoms with van der Waals surface area (Å²) < 4.78 is 25.9. The normalized spacial score (nSPS) is 23.1. The molecule has 1 fully saturated rings. The van der Waals surface area contributed by atoms with Crippen LogP contribution >= 0.6 is 0 Å². The fraction of sp³-hybridized carbons (Fsp3) is 0.667. The topological polar surface area (TPSA) is 46.2 Å². The third-order valence-corrected chi connectivity index (χ3v) is 6.29. The van der Waals surface area contributed by atoms with Gasteiger partial charge < -0.3 is 0 Å². The van der Waals surface area contributed by atoms with Crippen molar-refractivity contribution in [3.8, 4) is 0 Å². The molecule has 0 amide bonds. The second-order valence-corrected chi connectivity index (χ2v) is 9.08. The predicted octanol–water partition coefficient (Wildman–Crippen LogP) is 4.20. The molecule has 0 bridgehead atoms. The maximum Gasteiger partial charge on any atom is 0.213 e. The van der Waals surface area contributed by atoms with Crippen LogP contribution in [0, 0.1) is 11.8 Å². The zero-order valence-electron chi connectivity index (χ0n) is 14.3. The summed E-state index contributed by atoms with van der Waals surface area (Å²) in [5, 5.41) is -0.398. The van der Waals surface area contributed by atoms with Gasteiger partial charge in [0, 0.05) is 6.54 Å². The minimum atomic E-state index is -3.18. The van der Waals surface area contributed by atoms with Gasteiger partial charge in [0.1, 0.15) is 0 Å². The fourth-order valence-electron chi connectivity index (χ4n) is 2.60. The van der Waals surface area contributed by atoms with Crippen molar-refractivity contribution in [2.24, 2.45) is 11.8 Å². The average molecular weight is 326 g/mol. The van der Waals surface area contributed by atoms with E-state index >= 15 is 0 Å². The molecule has 0 aromatic carbocycles. The van der Waals surface area contributed by atoms with Crippen LogP contribution < -0.4 is 4.72 Å². The van der Waals surface area contributed by atoms with Crippen LogP contribution in [0.15, 0.2) is 36.5 Å². The number of hydrogen-bond acceptors (Lipinski definition) is 2. The molecule has 1 rings (SSSR count). The monoisotopic (exact) mass is 325 g/mol. The summed E-state index contributed by atoms with van der Waals surface area (Å²) in [7, 11) is -3.18. The molecular weight excluding hydrogens is 294 g/mol. The van der Waals surface area contributed by atoms with Crippen molar-refractivity contribution in [3.63, 3.8) is 0 Å². The molecule has 0 atom stereocenters. The van der Waals surface area contributed by atoms with Crippen LogP contribution in [-0.2, 0) is 10.0 Å². The van der Waals surface area contributed by atoms with Gasteiger partial charge in [0.15, 0.2) is 0 Å². The first kappa shape index (κ1) is 19.2. The Labute approximate surface area is 136 Å². The summed E-state index contributed by atoms with van der Waals surface area (Å²) in [6.07, 6.45) is 9.68. The Bertz CT molecular complexity index is 509. The first-order valence-corrected chi connectivity index (χ1v) is 9.80. The molecule has 3 nitrogen and oxygen atoms in total. The minimum absolute atomic E-state index is 0.398. The van der Waals surface area contributed by atoms with Crippen LogP contribution in [0.2, 0.25) is 0 Å². The lowest BCUT2D eigenvalue weighted by Gasteiger charge is -2.26. The molecule has 0 spiro atoms. The van der Waals surface area contributed by atoms with Crippen LogP contribution in [0.1, 0.15) is 52.9 Å². The lowest BCUT2D eigenvalue weighted by Crippen LogP contribution is -2.31. The Kier molecular flexibility index (Phi) is 7.57. The number of sulfonamides is 1. The lowest BCUT2D eigenvalue weighted by atomic mass is 9.79. The van der Waals surface area contributed by atoms with E-state index in [0.717, 1.165) is 11.5 Å². The van der Waals surface area contributed by atoms with E-state index < -0.39 is 15.3 Å². The van der Waals surface area contributed by atoms with Gasteiger partial charge in [-0.05, 0) is 44.9 Å². The molecule has 0 radical (unpaired) electrons. The molecule has 1 N–H and O–H groups in total. The van der Waals surface area contributed by atoms with Crippen LogP contribution in [0.3, 0.4) is 0 Å². The summed E-state index contributed by atoms with van der Waals surface area (Å²) in [5.41, 5.74) is 2.10. The molecule has 4 heteroatoms. The highest BCUT2D eigenvalue weighted by Gasteiger charge is 2.19. The Hall–Kier alpha value is -0.870. The Morgan fingerprint density at radius 1 is 1.18 bits per heavy atom. The van der Waals surface area contributed by atoms with Crippen LogP contribution in [0.4, 0.5) is 0 Å². The number of rotatable bonds is 8. The van der Waals surface area contributed by atoms with Crippen molar-refractivity contribution in [3.05, 3.63) is 36.5 Å². The van der Waals surface area contributed by atoms with Gasteiger partial charge in [0.2, 0.25) is 10.0 Å². The second kappa shape index (κ2) is 8.68. The molecule has 0 unspecified atom stereocenters. The van der Waals surface area contributed by atoms with Crippen molar-refractivity contribution in [2.75, 3.05) is 6.54 Å². The van der Waals surface area contributed by atoms with Gasteiger partial charge in [-0.3, -0.25) is 0 Å². The van der Waals surface area contributed by atoms with Gasteiger partial charge in [-0.1, -0.05) is 56.2 Å². The smallest absolute Gasteiger partial charge is 0.213 e. The molecule has 0 aromatic rings. The predicted molar refractivity (Wildman–Crippen MR) is 95.2 cm³/mol. The van der Waals surface area contributed by atoms with Crippen molar-refractivity contribution in [2.45, 2.75) is 58.1 Å². The minimum Gasteiger partial charge on any atom is -0.215 e. The van der Waals surface area contributed by atoms with Gasteiger partial charge >= 0.3 is 0 Å². The van der Waals surface area contributed by atoms with E-state index in [2.05, 4.69) is 30.9 Å². The summed E-state index contributed by atoms with van der Waals surface area (Å²) in [6, 6.07) is 0. The lowest BCUT2D eigenvalue weighted by molar-refractivity contribution is 0.324. The quantitative estimate of drug-likeness (QED) is 0.680. The molecule has 22 heavy (non-hydrogen) atoms. The standard InChI is InChI=1S/C18H31NO2S/c1-14(2)22(20,21)19-13-12-16(4)6-9-17(5)18-10-7-15(3)8-11-18/h6,9,14-15,18-19H,4-5,7-8,10-13H2,1-3H3/b9-6-. The Balaban J connectivity index is 2.34. The van der Waals surface area contributed by atoms with Crippen molar-refractivity contribution >= 4 is 10.0 Å². The summed E-state index contributed by atoms with van der Waals surface area (Å²) in [4.78, 5) is 0. The summed E-state index contributed by atoms with van der Waals surface area (Å²) in [6.45, 7) is 14.2. The maximum atomic E-state index is 11.6. The van der Waals surface area contributed by atoms with E-state index in [0.29, 0.717) is 18.9 Å². The summed E-state index contributed by atoms with van der Waals surface area (Å²) >= 11 is 0. The molecule has 0 aliphatic heterocycles. The van der Waals surface area contributed by atoms with E-state index in [1.165, 1.54) is 31.3 Å². The van der Waals surface area contributed by atoms with E-state index in [-0.39, 0.29) is 0 Å². The Morgan fingerprint density at radius 2 is 1.77 bits per heavy atom. The third-order valence-electron chi connectivity index (χ3n) is 4.44. The van der Waals surface area contributed by atoms with Gasteiger partial charge in [0.25, 0.3) is 0 Å². The Morgan fingerprint density at radius 3 is 2.32 bits per heavy atom. The third kappa shape index (κ3) is 6.49. The molecule has 0 saturated heterocycles. The molecule has 126 valence electrons. The number of nitrogens with one attached hydrogen (secondary N) is 1. The van der Waals surface area contributed by atoms with Gasteiger partial charge in [-0.2, -0.15) is 0 Å². The highest BCUT2D eigenvalue weighted by Crippen LogP contribution is 2.32. The fourth-order valence-corrected chi connectivity index (χ4v) is 3.32. The highest BCUT2D eigenvalue weighted by molar-refractivity contribution is 7.90. The number of hydrogen-bond donors (Lipinski definition) is 1. The molecule has 0 heterocycles. The first-order valence-electron chi connectivity index (χ1n) is 8.25. The van der Waals surface area contributed by atoms with E-state index in [1.807, 2.05) is 6.08 Å². The average Bonchev–Trinajstić information content (AvgIpc) is 2.45. The van der Waals surface area contributed by atoms with Crippen molar-refractivity contribution in [1.82, 2.24) is 4.72 Å². The molecular formula is C18H31NO2S. The van der Waals surface area contributed by atoms with Gasteiger partial charge in [0.05, 0.1) is 5.25 Å². The highest BCUT2D eigenvalue weighted by atomic mass is 32.2. The van der Waals surface area contributed by atoms with E-state index in [1.54, 1.807) is 13.8 Å². The van der Waals surface area contributed by atoms with Gasteiger partial charge in [-0.25, -0.2) is 13.1 Å². The van der Waals surface area contributed by atoms with E-state index in [4.69, 9.17) is 0 Å². The van der Waals surface area contributed by atoms with Gasteiger partial charge in [-0.15, -0.1) is 0 Å². The zero-order valence-corrected chi connectivity index (χ0v) is 15.1. The largest absolute Gasteiger partial charge is 0.215 e. The van der Waals surface area contributed by atoms with Crippen LogP contribution in [-0.4, -0.2) is 20.2 Å². The number of allylic oxidation sites excluding steroid dienone is 3. The molecule has 1 aliphatic carbocycles. The van der Waals surface area contributed by atoms with Crippen molar-refractivity contribution in [1.29, 1.82) is 0 Å².